The van der Waals surface area contributed by atoms with Crippen LogP contribution < -0.4 is 5.73 Å². The zero-order valence-electron chi connectivity index (χ0n) is 13.4. The van der Waals surface area contributed by atoms with Gasteiger partial charge in [-0.05, 0) is 24.3 Å². The topological polar surface area (TPSA) is 89.7 Å². The first-order valence-corrected chi connectivity index (χ1v) is 7.27. The molecule has 0 saturated carbocycles. The number of carbonyl (C=O) groups excluding carboxylic acids is 3. The van der Waals surface area contributed by atoms with Gasteiger partial charge in [0.15, 0.2) is 0 Å². The van der Waals surface area contributed by atoms with Gasteiger partial charge in [0.2, 0.25) is 12.0 Å². The fourth-order valence-electron chi connectivity index (χ4n) is 2.07. The second kappa shape index (κ2) is 7.41. The summed E-state index contributed by atoms with van der Waals surface area (Å²) < 4.78 is 5.40. The van der Waals surface area contributed by atoms with E-state index < -0.39 is 18.0 Å². The van der Waals surface area contributed by atoms with E-state index in [0.717, 1.165) is 0 Å². The van der Waals surface area contributed by atoms with Crippen molar-refractivity contribution in [3.05, 3.63) is 71.3 Å². The summed E-state index contributed by atoms with van der Waals surface area (Å²) in [4.78, 5) is 37.1. The minimum absolute atomic E-state index is 0.229. The maximum atomic E-state index is 12.3. The molecule has 0 saturated heterocycles. The van der Waals surface area contributed by atoms with Crippen LogP contribution in [0.3, 0.4) is 0 Å². The van der Waals surface area contributed by atoms with Crippen LogP contribution in [0, 0.1) is 0 Å². The number of nitrogens with zero attached hydrogens (tertiary/aromatic N) is 1. The molecule has 6 heteroatoms. The van der Waals surface area contributed by atoms with Gasteiger partial charge in [-0.25, -0.2) is 4.79 Å². The number of amides is 2. The second-order valence-electron chi connectivity index (χ2n) is 5.37. The van der Waals surface area contributed by atoms with Gasteiger partial charge in [0.1, 0.15) is 0 Å². The molecule has 0 aliphatic carbocycles. The van der Waals surface area contributed by atoms with Gasteiger partial charge in [-0.2, -0.15) is 0 Å². The van der Waals surface area contributed by atoms with Gasteiger partial charge in [-0.15, -0.1) is 0 Å². The van der Waals surface area contributed by atoms with Crippen LogP contribution in [-0.4, -0.2) is 36.8 Å². The molecule has 6 nitrogen and oxygen atoms in total. The minimum atomic E-state index is -1.04. The zero-order chi connectivity index (χ0) is 17.7. The minimum Gasteiger partial charge on any atom is -0.444 e. The Kier molecular flexibility index (Phi) is 5.31. The van der Waals surface area contributed by atoms with Crippen LogP contribution in [0.2, 0.25) is 0 Å². The normalized spacial score (nSPS) is 11.4. The van der Waals surface area contributed by atoms with Crippen molar-refractivity contribution in [1.29, 1.82) is 0 Å². The van der Waals surface area contributed by atoms with Crippen molar-refractivity contribution in [3.63, 3.8) is 0 Å². The molecule has 2 N–H and O–H groups in total. The zero-order valence-corrected chi connectivity index (χ0v) is 13.4. The number of benzene rings is 2. The molecule has 0 aromatic heterocycles. The Morgan fingerprint density at radius 3 is 1.96 bits per heavy atom. The number of hydrogen-bond acceptors (Lipinski definition) is 4. The van der Waals surface area contributed by atoms with Gasteiger partial charge >= 0.3 is 5.97 Å². The van der Waals surface area contributed by atoms with Gasteiger partial charge in [0.25, 0.3) is 5.91 Å². The van der Waals surface area contributed by atoms with Crippen LogP contribution in [0.5, 0.6) is 0 Å². The quantitative estimate of drug-likeness (QED) is 0.848. The molecule has 124 valence electrons. The number of likely N-dealkylation sites (N-methyl/N-ethyl adjacent to an activating group) is 1. The smallest absolute Gasteiger partial charge is 0.339 e. The van der Waals surface area contributed by atoms with Crippen molar-refractivity contribution in [2.45, 2.75) is 6.10 Å². The van der Waals surface area contributed by atoms with Gasteiger partial charge in [-0.1, -0.05) is 30.3 Å². The molecule has 0 spiro atoms. The summed E-state index contributed by atoms with van der Waals surface area (Å²) in [6, 6.07) is 14.5. The molecule has 24 heavy (non-hydrogen) atoms. The van der Waals surface area contributed by atoms with Crippen molar-refractivity contribution in [1.82, 2.24) is 4.90 Å². The molecule has 0 fully saturated rings. The standard InChI is InChI=1S/C18H18N2O4/c1-20(2)17(22)15(12-6-4-3-5-7-12)24-18(23)14-10-8-13(9-11-14)16(19)21/h3-11,15H,1-2H3,(H2,19,21)/t15-/m1/s1. The third-order valence-corrected chi connectivity index (χ3v) is 3.40. The van der Waals surface area contributed by atoms with E-state index in [1.54, 1.807) is 38.4 Å². The average Bonchev–Trinajstić information content (AvgIpc) is 2.59. The van der Waals surface area contributed by atoms with E-state index in [4.69, 9.17) is 10.5 Å². The molecule has 1 atom stereocenters. The van der Waals surface area contributed by atoms with Crippen LogP contribution in [0.15, 0.2) is 54.6 Å². The number of rotatable bonds is 5. The lowest BCUT2D eigenvalue weighted by atomic mass is 10.1. The van der Waals surface area contributed by atoms with Crippen molar-refractivity contribution in [2.75, 3.05) is 14.1 Å². The Labute approximate surface area is 139 Å². The van der Waals surface area contributed by atoms with Crippen LogP contribution in [0.1, 0.15) is 32.4 Å². The fraction of sp³-hybridized carbons (Fsp3) is 0.167. The third kappa shape index (κ3) is 3.98. The highest BCUT2D eigenvalue weighted by atomic mass is 16.5. The van der Waals surface area contributed by atoms with E-state index in [1.165, 1.54) is 29.2 Å². The molecular formula is C18H18N2O4. The maximum Gasteiger partial charge on any atom is 0.339 e. The molecule has 2 amide bonds. The van der Waals surface area contributed by atoms with E-state index in [-0.39, 0.29) is 17.0 Å². The predicted molar refractivity (Wildman–Crippen MR) is 88.3 cm³/mol. The van der Waals surface area contributed by atoms with Crippen molar-refractivity contribution >= 4 is 17.8 Å². The van der Waals surface area contributed by atoms with Gasteiger partial charge in [0.05, 0.1) is 5.56 Å². The molecule has 2 rings (SSSR count). The number of esters is 1. The summed E-state index contributed by atoms with van der Waals surface area (Å²) in [5.74, 6) is -1.58. The Hall–Kier alpha value is -3.15. The summed E-state index contributed by atoms with van der Waals surface area (Å²) in [6.07, 6.45) is -1.04. The predicted octanol–water partition coefficient (Wildman–Crippen LogP) is 1.77. The summed E-state index contributed by atoms with van der Waals surface area (Å²) in [6.45, 7) is 0. The maximum absolute atomic E-state index is 12.3. The van der Waals surface area contributed by atoms with Crippen molar-refractivity contribution in [2.24, 2.45) is 5.73 Å². The largest absolute Gasteiger partial charge is 0.444 e. The van der Waals surface area contributed by atoms with Crippen LogP contribution in [0.25, 0.3) is 0 Å². The van der Waals surface area contributed by atoms with E-state index in [0.29, 0.717) is 5.56 Å². The second-order valence-corrected chi connectivity index (χ2v) is 5.37. The van der Waals surface area contributed by atoms with E-state index >= 15 is 0 Å². The molecule has 0 radical (unpaired) electrons. The fourth-order valence-corrected chi connectivity index (χ4v) is 2.07. The van der Waals surface area contributed by atoms with Gasteiger partial charge in [-0.3, -0.25) is 9.59 Å². The highest BCUT2D eigenvalue weighted by Crippen LogP contribution is 2.21. The van der Waals surface area contributed by atoms with E-state index in [9.17, 15) is 14.4 Å². The van der Waals surface area contributed by atoms with E-state index in [1.807, 2.05) is 6.07 Å². The molecule has 0 aliphatic heterocycles. The molecule has 2 aromatic rings. The highest BCUT2D eigenvalue weighted by Gasteiger charge is 2.26. The lowest BCUT2D eigenvalue weighted by molar-refractivity contribution is -0.138. The SMILES string of the molecule is CN(C)C(=O)[C@H](OC(=O)c1ccc(C(N)=O)cc1)c1ccccc1. The Bertz CT molecular complexity index is 739. The van der Waals surface area contributed by atoms with Crippen LogP contribution in [0.4, 0.5) is 0 Å². The summed E-state index contributed by atoms with van der Waals surface area (Å²) in [7, 11) is 3.18. The summed E-state index contributed by atoms with van der Waals surface area (Å²) in [5, 5.41) is 0. The lowest BCUT2D eigenvalue weighted by Gasteiger charge is -2.21. The third-order valence-electron chi connectivity index (χ3n) is 3.40. The number of hydrogen-bond donors (Lipinski definition) is 1. The Balaban J connectivity index is 2.24. The molecule has 0 aliphatic rings. The van der Waals surface area contributed by atoms with Crippen molar-refractivity contribution < 1.29 is 19.1 Å². The van der Waals surface area contributed by atoms with Gasteiger partial charge in [0, 0.05) is 25.2 Å². The first-order valence-electron chi connectivity index (χ1n) is 7.27. The Morgan fingerprint density at radius 1 is 0.917 bits per heavy atom. The average molecular weight is 326 g/mol. The molecular weight excluding hydrogens is 308 g/mol. The van der Waals surface area contributed by atoms with Crippen LogP contribution in [-0.2, 0) is 9.53 Å². The number of ether oxygens (including phenoxy) is 1. The first-order chi connectivity index (χ1) is 11.4. The first kappa shape index (κ1) is 17.2. The number of carbonyl (C=O) groups is 3. The molecule has 0 heterocycles. The monoisotopic (exact) mass is 326 g/mol. The van der Waals surface area contributed by atoms with Crippen molar-refractivity contribution in [3.8, 4) is 0 Å². The Morgan fingerprint density at radius 2 is 1.46 bits per heavy atom. The highest BCUT2D eigenvalue weighted by molar-refractivity contribution is 5.96. The number of primary amides is 1. The molecule has 2 aromatic carbocycles. The van der Waals surface area contributed by atoms with Gasteiger partial charge < -0.3 is 15.4 Å². The summed E-state index contributed by atoms with van der Waals surface area (Å²) >= 11 is 0. The number of nitrogens with two attached hydrogens (primary N) is 1. The molecule has 0 bridgehead atoms. The van der Waals surface area contributed by atoms with E-state index in [2.05, 4.69) is 0 Å². The summed E-state index contributed by atoms with van der Waals surface area (Å²) in [5.41, 5.74) is 6.26. The van der Waals surface area contributed by atoms with Crippen LogP contribution >= 0.6 is 0 Å². The molecule has 0 unspecified atom stereocenters. The lowest BCUT2D eigenvalue weighted by Crippen LogP contribution is -2.31.